The molecular formula is C10H7F3N2O2. The zero-order chi connectivity index (χ0) is 12.6. The van der Waals surface area contributed by atoms with E-state index in [0.717, 1.165) is 0 Å². The Hall–Kier alpha value is -2.05. The van der Waals surface area contributed by atoms with Crippen LogP contribution in [0.5, 0.6) is 0 Å². The van der Waals surface area contributed by atoms with Gasteiger partial charge in [0.25, 0.3) is 0 Å². The van der Waals surface area contributed by atoms with Crippen LogP contribution in [0.2, 0.25) is 0 Å². The van der Waals surface area contributed by atoms with Crippen LogP contribution in [-0.2, 0) is 9.59 Å². The van der Waals surface area contributed by atoms with Crippen molar-refractivity contribution in [3.63, 3.8) is 0 Å². The number of benzene rings is 1. The number of halogens is 3. The van der Waals surface area contributed by atoms with Crippen molar-refractivity contribution in [2.45, 2.75) is 0 Å². The summed E-state index contributed by atoms with van der Waals surface area (Å²) in [6.07, 6.45) is 0. The maximum atomic E-state index is 13.4. The monoisotopic (exact) mass is 244 g/mol. The summed E-state index contributed by atoms with van der Waals surface area (Å²) in [5, 5.41) is 2.24. The Bertz CT molecular complexity index is 505. The third kappa shape index (κ3) is 2.08. The molecule has 1 aromatic rings. The molecule has 0 atom stereocenters. The van der Waals surface area contributed by atoms with Crippen molar-refractivity contribution in [1.82, 2.24) is 5.32 Å². The fourth-order valence-electron chi connectivity index (χ4n) is 1.52. The lowest BCUT2D eigenvalue weighted by Gasteiger charge is -2.26. The van der Waals surface area contributed by atoms with E-state index in [4.69, 9.17) is 0 Å². The third-order valence-electron chi connectivity index (χ3n) is 2.30. The third-order valence-corrected chi connectivity index (χ3v) is 2.30. The molecule has 0 aliphatic carbocycles. The second-order valence-corrected chi connectivity index (χ2v) is 3.48. The lowest BCUT2D eigenvalue weighted by atomic mass is 10.2. The van der Waals surface area contributed by atoms with Gasteiger partial charge in [0, 0.05) is 12.1 Å². The molecule has 2 amide bonds. The predicted molar refractivity (Wildman–Crippen MR) is 51.7 cm³/mol. The van der Waals surface area contributed by atoms with E-state index in [0.29, 0.717) is 17.0 Å². The number of rotatable bonds is 1. The van der Waals surface area contributed by atoms with Crippen molar-refractivity contribution in [2.75, 3.05) is 18.0 Å². The first kappa shape index (κ1) is 11.4. The highest BCUT2D eigenvalue weighted by Gasteiger charge is 2.28. The van der Waals surface area contributed by atoms with Crippen LogP contribution in [0.25, 0.3) is 0 Å². The van der Waals surface area contributed by atoms with Gasteiger partial charge in [-0.2, -0.15) is 0 Å². The van der Waals surface area contributed by atoms with E-state index in [-0.39, 0.29) is 6.54 Å². The molecule has 1 N–H and O–H groups in total. The number of hydrogen-bond acceptors (Lipinski definition) is 2. The molecule has 0 aromatic heterocycles. The van der Waals surface area contributed by atoms with Gasteiger partial charge in [-0.1, -0.05) is 0 Å². The quantitative estimate of drug-likeness (QED) is 0.734. The van der Waals surface area contributed by atoms with E-state index < -0.39 is 41.5 Å². The molecule has 0 saturated carbocycles. The van der Waals surface area contributed by atoms with E-state index >= 15 is 0 Å². The largest absolute Gasteiger partial charge is 0.345 e. The Kier molecular flexibility index (Phi) is 2.74. The van der Waals surface area contributed by atoms with Crippen LogP contribution in [0, 0.1) is 17.5 Å². The van der Waals surface area contributed by atoms with Crippen molar-refractivity contribution in [2.24, 2.45) is 0 Å². The SMILES string of the molecule is O=C1CN(c2cc(F)cc(F)c2F)C(=O)CN1. The maximum Gasteiger partial charge on any atom is 0.246 e. The number of anilines is 1. The van der Waals surface area contributed by atoms with Crippen molar-refractivity contribution >= 4 is 17.5 Å². The summed E-state index contributed by atoms with van der Waals surface area (Å²) in [7, 11) is 0. The summed E-state index contributed by atoms with van der Waals surface area (Å²) in [5.41, 5.74) is -0.567. The Morgan fingerprint density at radius 2 is 1.88 bits per heavy atom. The van der Waals surface area contributed by atoms with Gasteiger partial charge in [0.2, 0.25) is 11.8 Å². The number of amides is 2. The summed E-state index contributed by atoms with van der Waals surface area (Å²) < 4.78 is 39.3. The molecule has 1 fully saturated rings. The van der Waals surface area contributed by atoms with Crippen LogP contribution < -0.4 is 10.2 Å². The average Bonchev–Trinajstić information content (AvgIpc) is 2.27. The number of carbonyl (C=O) groups is 2. The van der Waals surface area contributed by atoms with Crippen LogP contribution in [0.4, 0.5) is 18.9 Å². The molecule has 7 heteroatoms. The fourth-order valence-corrected chi connectivity index (χ4v) is 1.52. The lowest BCUT2D eigenvalue weighted by molar-refractivity contribution is -0.128. The van der Waals surface area contributed by atoms with Crippen LogP contribution >= 0.6 is 0 Å². The molecule has 0 spiro atoms. The molecule has 0 bridgehead atoms. The van der Waals surface area contributed by atoms with Crippen molar-refractivity contribution < 1.29 is 22.8 Å². The van der Waals surface area contributed by atoms with E-state index in [2.05, 4.69) is 5.32 Å². The molecule has 1 aliphatic heterocycles. The van der Waals surface area contributed by atoms with E-state index in [1.54, 1.807) is 0 Å². The van der Waals surface area contributed by atoms with E-state index in [9.17, 15) is 22.8 Å². The van der Waals surface area contributed by atoms with E-state index in [1.165, 1.54) is 0 Å². The van der Waals surface area contributed by atoms with Crippen LogP contribution in [0.15, 0.2) is 12.1 Å². The maximum absolute atomic E-state index is 13.4. The summed E-state index contributed by atoms with van der Waals surface area (Å²) in [5.74, 6) is -4.92. The van der Waals surface area contributed by atoms with Crippen LogP contribution in [0.1, 0.15) is 0 Å². The number of hydrogen-bond donors (Lipinski definition) is 1. The molecule has 4 nitrogen and oxygen atoms in total. The molecule has 1 saturated heterocycles. The molecule has 1 heterocycles. The number of nitrogens with one attached hydrogen (secondary N) is 1. The van der Waals surface area contributed by atoms with Gasteiger partial charge in [-0.15, -0.1) is 0 Å². The molecule has 0 unspecified atom stereocenters. The minimum atomic E-state index is -1.40. The van der Waals surface area contributed by atoms with Gasteiger partial charge in [0.05, 0.1) is 12.2 Å². The predicted octanol–water partition coefficient (Wildman–Crippen LogP) is 0.567. The highest BCUT2D eigenvalue weighted by molar-refractivity contribution is 6.04. The van der Waals surface area contributed by atoms with Gasteiger partial charge >= 0.3 is 0 Å². The second-order valence-electron chi connectivity index (χ2n) is 3.48. The standard InChI is InChI=1S/C10H7F3N2O2/c11-5-1-6(12)10(13)7(2-5)15-4-8(16)14-3-9(15)17/h1-2H,3-4H2,(H,14,16). The molecular weight excluding hydrogens is 237 g/mol. The van der Waals surface area contributed by atoms with Gasteiger partial charge in [0.15, 0.2) is 11.6 Å². The molecule has 2 rings (SSSR count). The number of nitrogens with zero attached hydrogens (tertiary/aromatic N) is 1. The van der Waals surface area contributed by atoms with Gasteiger partial charge in [-0.3, -0.25) is 14.5 Å². The first-order valence-electron chi connectivity index (χ1n) is 4.70. The fraction of sp³-hybridized carbons (Fsp3) is 0.200. The van der Waals surface area contributed by atoms with Crippen LogP contribution in [-0.4, -0.2) is 24.9 Å². The van der Waals surface area contributed by atoms with Gasteiger partial charge in [0.1, 0.15) is 12.4 Å². The Morgan fingerprint density at radius 1 is 1.18 bits per heavy atom. The summed E-state index contributed by atoms with van der Waals surface area (Å²) in [6, 6.07) is 1.04. The smallest absolute Gasteiger partial charge is 0.246 e. The highest BCUT2D eigenvalue weighted by Crippen LogP contribution is 2.24. The molecule has 1 aromatic carbocycles. The first-order chi connectivity index (χ1) is 7.99. The zero-order valence-corrected chi connectivity index (χ0v) is 8.47. The summed E-state index contributed by atoms with van der Waals surface area (Å²) in [4.78, 5) is 23.2. The minimum Gasteiger partial charge on any atom is -0.345 e. The normalized spacial score (nSPS) is 16.1. The number of carbonyl (C=O) groups excluding carboxylic acids is 2. The Morgan fingerprint density at radius 3 is 2.59 bits per heavy atom. The molecule has 90 valence electrons. The Balaban J connectivity index is 2.45. The number of piperazine rings is 1. The first-order valence-corrected chi connectivity index (χ1v) is 4.70. The highest BCUT2D eigenvalue weighted by atomic mass is 19.2. The zero-order valence-electron chi connectivity index (χ0n) is 8.47. The topological polar surface area (TPSA) is 49.4 Å². The summed E-state index contributed by atoms with van der Waals surface area (Å²) in [6.45, 7) is -0.783. The summed E-state index contributed by atoms with van der Waals surface area (Å²) >= 11 is 0. The minimum absolute atomic E-state index is 0.323. The van der Waals surface area contributed by atoms with Gasteiger partial charge in [-0.25, -0.2) is 13.2 Å². The van der Waals surface area contributed by atoms with E-state index in [1.807, 2.05) is 0 Å². The van der Waals surface area contributed by atoms with Gasteiger partial charge in [-0.05, 0) is 0 Å². The lowest BCUT2D eigenvalue weighted by Crippen LogP contribution is -2.52. The molecule has 17 heavy (non-hydrogen) atoms. The van der Waals surface area contributed by atoms with Gasteiger partial charge < -0.3 is 5.32 Å². The molecule has 1 aliphatic rings. The Labute approximate surface area is 94.0 Å². The second kappa shape index (κ2) is 4.08. The van der Waals surface area contributed by atoms with Crippen molar-refractivity contribution in [3.8, 4) is 0 Å². The van der Waals surface area contributed by atoms with Crippen molar-refractivity contribution in [1.29, 1.82) is 0 Å². The van der Waals surface area contributed by atoms with Crippen LogP contribution in [0.3, 0.4) is 0 Å². The molecule has 0 radical (unpaired) electrons. The van der Waals surface area contributed by atoms with Crippen molar-refractivity contribution in [3.05, 3.63) is 29.6 Å². The average molecular weight is 244 g/mol.